The van der Waals surface area contributed by atoms with Crippen LogP contribution in [0.3, 0.4) is 0 Å². The molecule has 1 amide bonds. The Kier molecular flexibility index (Phi) is 3.29. The summed E-state index contributed by atoms with van der Waals surface area (Å²) >= 11 is 0. The molecule has 0 bridgehead atoms. The molecule has 21 heavy (non-hydrogen) atoms. The van der Waals surface area contributed by atoms with E-state index >= 15 is 0 Å². The number of fused-ring (bicyclic) bond motifs is 1. The van der Waals surface area contributed by atoms with Crippen molar-refractivity contribution in [2.75, 3.05) is 4.90 Å². The van der Waals surface area contributed by atoms with Crippen molar-refractivity contribution in [1.29, 1.82) is 0 Å². The van der Waals surface area contributed by atoms with E-state index < -0.39 is 0 Å². The van der Waals surface area contributed by atoms with Crippen LogP contribution in [0.25, 0.3) is 0 Å². The van der Waals surface area contributed by atoms with Crippen molar-refractivity contribution in [2.24, 2.45) is 4.99 Å². The van der Waals surface area contributed by atoms with Gasteiger partial charge in [-0.25, -0.2) is 9.38 Å². The van der Waals surface area contributed by atoms with E-state index in [0.29, 0.717) is 11.4 Å². The molecule has 0 saturated carbocycles. The molecular weight excluding hydrogens is 267 g/mol. The lowest BCUT2D eigenvalue weighted by molar-refractivity contribution is -0.112. The van der Waals surface area contributed by atoms with E-state index in [9.17, 15) is 9.18 Å². The Hall–Kier alpha value is -2.49. The summed E-state index contributed by atoms with van der Waals surface area (Å²) in [5.74, 6) is -0.434. The van der Waals surface area contributed by atoms with Crippen LogP contribution in [0.15, 0.2) is 53.5 Å². The second kappa shape index (κ2) is 5.13. The molecule has 106 valence electrons. The normalized spacial score (nSPS) is 15.9. The number of nitrogens with zero attached hydrogens (tertiary/aromatic N) is 2. The van der Waals surface area contributed by atoms with Gasteiger partial charge in [-0.2, -0.15) is 0 Å². The summed E-state index contributed by atoms with van der Waals surface area (Å²) in [6.07, 6.45) is 0. The van der Waals surface area contributed by atoms with Gasteiger partial charge in [0, 0.05) is 11.6 Å². The maximum Gasteiger partial charge on any atom is 0.277 e. The summed E-state index contributed by atoms with van der Waals surface area (Å²) in [4.78, 5) is 18.7. The molecule has 0 unspecified atom stereocenters. The fourth-order valence-corrected chi connectivity index (χ4v) is 2.49. The molecule has 0 spiro atoms. The quantitative estimate of drug-likeness (QED) is 0.826. The highest BCUT2D eigenvalue weighted by molar-refractivity contribution is 6.54. The molecule has 0 saturated heterocycles. The number of amides is 1. The van der Waals surface area contributed by atoms with Gasteiger partial charge in [0.2, 0.25) is 0 Å². The van der Waals surface area contributed by atoms with Crippen LogP contribution in [0.2, 0.25) is 0 Å². The largest absolute Gasteiger partial charge is 0.304 e. The molecule has 2 aromatic rings. The second-order valence-corrected chi connectivity index (χ2v) is 5.22. The number of hydrogen-bond acceptors (Lipinski definition) is 2. The first-order chi connectivity index (χ1) is 10.1. The Morgan fingerprint density at radius 2 is 1.71 bits per heavy atom. The van der Waals surface area contributed by atoms with Gasteiger partial charge in [0.1, 0.15) is 11.5 Å². The van der Waals surface area contributed by atoms with Gasteiger partial charge in [0.05, 0.1) is 11.4 Å². The number of carbonyl (C=O) groups excluding carboxylic acids is 1. The van der Waals surface area contributed by atoms with Crippen LogP contribution in [0, 0.1) is 5.82 Å². The smallest absolute Gasteiger partial charge is 0.277 e. The zero-order valence-electron chi connectivity index (χ0n) is 11.9. The number of carbonyl (C=O) groups is 1. The highest BCUT2D eigenvalue weighted by Crippen LogP contribution is 2.32. The third-order valence-corrected chi connectivity index (χ3v) is 3.42. The molecule has 0 atom stereocenters. The summed E-state index contributed by atoms with van der Waals surface area (Å²) in [6, 6.07) is 13.5. The maximum absolute atomic E-state index is 13.0. The summed E-state index contributed by atoms with van der Waals surface area (Å²) in [5, 5.41) is 0. The molecule has 0 aromatic heterocycles. The number of hydrogen-bond donors (Lipinski definition) is 0. The minimum Gasteiger partial charge on any atom is -0.304 e. The van der Waals surface area contributed by atoms with Crippen molar-refractivity contribution in [1.82, 2.24) is 0 Å². The van der Waals surface area contributed by atoms with E-state index in [2.05, 4.69) is 4.99 Å². The summed E-state index contributed by atoms with van der Waals surface area (Å²) in [7, 11) is 0. The number of benzene rings is 2. The highest BCUT2D eigenvalue weighted by Gasteiger charge is 2.35. The Labute approximate surface area is 122 Å². The lowest BCUT2D eigenvalue weighted by Gasteiger charge is -2.20. The molecule has 1 aliphatic rings. The summed E-state index contributed by atoms with van der Waals surface area (Å²) in [6.45, 7) is 3.94. The lowest BCUT2D eigenvalue weighted by atomic mass is 10.1. The van der Waals surface area contributed by atoms with Gasteiger partial charge >= 0.3 is 0 Å². The molecule has 0 aliphatic carbocycles. The topological polar surface area (TPSA) is 32.7 Å². The third kappa shape index (κ3) is 2.33. The van der Waals surface area contributed by atoms with Crippen molar-refractivity contribution in [3.63, 3.8) is 0 Å². The Morgan fingerprint density at radius 1 is 1.05 bits per heavy atom. The summed E-state index contributed by atoms with van der Waals surface area (Å²) < 4.78 is 13.0. The molecule has 0 N–H and O–H groups in total. The molecule has 1 heterocycles. The number of aliphatic imine (C=N–C) groups is 1. The minimum atomic E-state index is -0.319. The lowest BCUT2D eigenvalue weighted by Crippen LogP contribution is -2.35. The van der Waals surface area contributed by atoms with Gasteiger partial charge in [-0.05, 0) is 44.2 Å². The minimum absolute atomic E-state index is 0.0552. The number of halogens is 1. The van der Waals surface area contributed by atoms with Gasteiger partial charge in [0.15, 0.2) is 0 Å². The van der Waals surface area contributed by atoms with Gasteiger partial charge in [-0.15, -0.1) is 0 Å². The predicted molar refractivity (Wildman–Crippen MR) is 81.7 cm³/mol. The van der Waals surface area contributed by atoms with Crippen LogP contribution in [0.1, 0.15) is 19.4 Å². The van der Waals surface area contributed by atoms with Gasteiger partial charge in [-0.1, -0.05) is 18.2 Å². The van der Waals surface area contributed by atoms with E-state index in [-0.39, 0.29) is 17.8 Å². The average molecular weight is 282 g/mol. The van der Waals surface area contributed by atoms with E-state index in [1.807, 2.05) is 38.1 Å². The SMILES string of the molecule is CC(C)N1C(=O)C(=Nc2ccc(F)cc2)c2ccccc21. The first-order valence-corrected chi connectivity index (χ1v) is 6.85. The van der Waals surface area contributed by atoms with Crippen molar-refractivity contribution in [2.45, 2.75) is 19.9 Å². The fraction of sp³-hybridized carbons (Fsp3) is 0.176. The van der Waals surface area contributed by atoms with Gasteiger partial charge < -0.3 is 4.90 Å². The predicted octanol–water partition coefficient (Wildman–Crippen LogP) is 3.70. The van der Waals surface area contributed by atoms with E-state index in [1.54, 1.807) is 17.0 Å². The fourth-order valence-electron chi connectivity index (χ4n) is 2.49. The highest BCUT2D eigenvalue weighted by atomic mass is 19.1. The Morgan fingerprint density at radius 3 is 2.38 bits per heavy atom. The number of rotatable bonds is 2. The summed E-state index contributed by atoms with van der Waals surface area (Å²) in [5.41, 5.74) is 2.67. The molecule has 1 aliphatic heterocycles. The van der Waals surface area contributed by atoms with Crippen LogP contribution in [-0.2, 0) is 4.79 Å². The van der Waals surface area contributed by atoms with Crippen LogP contribution < -0.4 is 4.90 Å². The zero-order valence-corrected chi connectivity index (χ0v) is 11.9. The molecule has 3 rings (SSSR count). The zero-order chi connectivity index (χ0) is 15.0. The molecule has 3 nitrogen and oxygen atoms in total. The van der Waals surface area contributed by atoms with Crippen LogP contribution in [0.5, 0.6) is 0 Å². The molecule has 0 radical (unpaired) electrons. The van der Waals surface area contributed by atoms with Gasteiger partial charge in [-0.3, -0.25) is 4.79 Å². The first-order valence-electron chi connectivity index (χ1n) is 6.85. The first kappa shape index (κ1) is 13.5. The molecular formula is C17H15FN2O. The van der Waals surface area contributed by atoms with Crippen molar-refractivity contribution < 1.29 is 9.18 Å². The van der Waals surface area contributed by atoms with Crippen molar-refractivity contribution in [3.8, 4) is 0 Å². The standard InChI is InChI=1S/C17H15FN2O/c1-11(2)20-15-6-4-3-5-14(15)16(17(20)21)19-13-9-7-12(18)8-10-13/h3-11H,1-2H3. The van der Waals surface area contributed by atoms with Crippen molar-refractivity contribution >= 4 is 23.0 Å². The van der Waals surface area contributed by atoms with Crippen LogP contribution in [-0.4, -0.2) is 17.7 Å². The Bertz CT molecular complexity index is 720. The number of anilines is 1. The second-order valence-electron chi connectivity index (χ2n) is 5.22. The molecule has 4 heteroatoms. The third-order valence-electron chi connectivity index (χ3n) is 3.42. The molecule has 2 aromatic carbocycles. The maximum atomic E-state index is 13.0. The van der Waals surface area contributed by atoms with Gasteiger partial charge in [0.25, 0.3) is 5.91 Å². The van der Waals surface area contributed by atoms with E-state index in [0.717, 1.165) is 11.3 Å². The number of para-hydroxylation sites is 1. The van der Waals surface area contributed by atoms with Crippen molar-refractivity contribution in [3.05, 3.63) is 59.9 Å². The van der Waals surface area contributed by atoms with E-state index in [1.165, 1.54) is 12.1 Å². The average Bonchev–Trinajstić information content (AvgIpc) is 2.74. The van der Waals surface area contributed by atoms with Crippen LogP contribution in [0.4, 0.5) is 15.8 Å². The van der Waals surface area contributed by atoms with Crippen LogP contribution >= 0.6 is 0 Å². The monoisotopic (exact) mass is 282 g/mol. The Balaban J connectivity index is 2.11. The van der Waals surface area contributed by atoms with E-state index in [4.69, 9.17) is 0 Å². The molecule has 0 fully saturated rings.